The van der Waals surface area contributed by atoms with Crippen LogP contribution in [0.5, 0.6) is 0 Å². The summed E-state index contributed by atoms with van der Waals surface area (Å²) in [5.74, 6) is -0.0780. The lowest BCUT2D eigenvalue weighted by atomic mass is 9.94. The molecule has 1 amide bonds. The van der Waals surface area contributed by atoms with Gasteiger partial charge in [-0.1, -0.05) is 11.2 Å². The van der Waals surface area contributed by atoms with Crippen LogP contribution in [-0.2, 0) is 25.1 Å². The largest absolute Gasteiger partial charge is 0.465 e. The average Bonchev–Trinajstić information content (AvgIpc) is 3.18. The van der Waals surface area contributed by atoms with Crippen LogP contribution in [0.1, 0.15) is 58.0 Å². The fourth-order valence-electron chi connectivity index (χ4n) is 4.90. The second kappa shape index (κ2) is 10.5. The second-order valence-electron chi connectivity index (χ2n) is 9.66. The summed E-state index contributed by atoms with van der Waals surface area (Å²) in [5.41, 5.74) is -4.74. The Bertz CT molecular complexity index is 1410. The molecule has 1 N–H and O–H groups in total. The van der Waals surface area contributed by atoms with Crippen molar-refractivity contribution in [2.75, 3.05) is 16.3 Å². The van der Waals surface area contributed by atoms with Crippen LogP contribution in [0.3, 0.4) is 0 Å². The molecule has 1 atom stereocenters. The Kier molecular flexibility index (Phi) is 7.69. The van der Waals surface area contributed by atoms with Crippen molar-refractivity contribution in [2.45, 2.75) is 57.8 Å². The lowest BCUT2D eigenvalue weighted by Crippen LogP contribution is -2.31. The number of amides is 1. The van der Waals surface area contributed by atoms with Crippen molar-refractivity contribution in [3.8, 4) is 0 Å². The number of aromatic nitrogens is 1. The van der Waals surface area contributed by atoms with Gasteiger partial charge in [-0.3, -0.25) is 4.90 Å². The summed E-state index contributed by atoms with van der Waals surface area (Å²) in [6.45, 7) is 1.88. The summed E-state index contributed by atoms with van der Waals surface area (Å²) in [4.78, 5) is 14.0. The van der Waals surface area contributed by atoms with Gasteiger partial charge in [0, 0.05) is 19.2 Å². The molecule has 4 rings (SSSR count). The van der Waals surface area contributed by atoms with Crippen molar-refractivity contribution in [3.05, 3.63) is 75.5 Å². The number of fused-ring (bicyclic) bond motifs is 1. The van der Waals surface area contributed by atoms with Crippen LogP contribution in [0.15, 0.2) is 40.9 Å². The summed E-state index contributed by atoms with van der Waals surface area (Å²) >= 11 is 0. The molecule has 0 bridgehead atoms. The number of anilines is 2. The first-order valence-corrected chi connectivity index (χ1v) is 12.1. The van der Waals surface area contributed by atoms with Crippen LogP contribution in [0, 0.1) is 13.8 Å². The third-order valence-corrected chi connectivity index (χ3v) is 6.69. The molecule has 0 spiro atoms. The highest BCUT2D eigenvalue weighted by atomic mass is 19.4. The Morgan fingerprint density at radius 3 is 2.05 bits per heavy atom. The van der Waals surface area contributed by atoms with Crippen molar-refractivity contribution in [3.63, 3.8) is 0 Å². The van der Waals surface area contributed by atoms with Gasteiger partial charge in [0.1, 0.15) is 0 Å². The zero-order chi connectivity index (χ0) is 30.5. The van der Waals surface area contributed by atoms with Gasteiger partial charge in [-0.05, 0) is 67.6 Å². The summed E-state index contributed by atoms with van der Waals surface area (Å²) in [7, 11) is 0. The number of hydrogen-bond acceptors (Lipinski definition) is 4. The predicted molar refractivity (Wildman–Crippen MR) is 127 cm³/mol. The maximum Gasteiger partial charge on any atom is 0.416 e. The number of benzene rings is 2. The molecule has 1 aliphatic rings. The molecule has 0 aliphatic carbocycles. The Morgan fingerprint density at radius 2 is 1.56 bits per heavy atom. The monoisotopic (exact) mass is 595 g/mol. The molecule has 0 fully saturated rings. The zero-order valence-electron chi connectivity index (χ0n) is 21.4. The number of hydrogen-bond donors (Lipinski definition) is 1. The van der Waals surface area contributed by atoms with Crippen LogP contribution in [0.4, 0.5) is 55.9 Å². The Morgan fingerprint density at radius 1 is 0.951 bits per heavy atom. The normalized spacial score (nSPS) is 16.4. The maximum atomic E-state index is 13.7. The predicted octanol–water partition coefficient (Wildman–Crippen LogP) is 8.37. The number of rotatable bonds is 4. The van der Waals surface area contributed by atoms with Crippen LogP contribution >= 0.6 is 0 Å². The fraction of sp³-hybridized carbons (Fsp3) is 0.385. The molecule has 2 aromatic carbocycles. The van der Waals surface area contributed by atoms with Crippen molar-refractivity contribution in [1.29, 1.82) is 0 Å². The first kappa shape index (κ1) is 30.1. The van der Waals surface area contributed by atoms with E-state index in [4.69, 9.17) is 4.52 Å². The molecule has 3 aromatic rings. The van der Waals surface area contributed by atoms with E-state index in [0.29, 0.717) is 23.9 Å². The SMILES string of the molecule is Cc1cc(N(Cc2cc(C(F)(F)F)cc(C(F)(F)F)c2)[C@H]2CCCN(C(=O)O)c3cc(C(F)(F)F)c(C)cc32)on1. The van der Waals surface area contributed by atoms with E-state index in [9.17, 15) is 49.4 Å². The summed E-state index contributed by atoms with van der Waals surface area (Å²) in [6, 6.07) is 3.26. The van der Waals surface area contributed by atoms with Crippen LogP contribution in [0.2, 0.25) is 0 Å². The van der Waals surface area contributed by atoms with Gasteiger partial charge < -0.3 is 14.5 Å². The van der Waals surface area contributed by atoms with Crippen molar-refractivity contribution >= 4 is 17.7 Å². The standard InChI is InChI=1S/C26H22F9N3O3/c1-13-6-18-20(4-3-5-37(23(39)40)21(18)11-19(13)26(33,34)35)38(22-7-14(2)36-41-22)12-15-8-16(24(27,28)29)10-17(9-15)25(30,31)32/h6-11,20H,3-5,12H2,1-2H3,(H,39,40)/t20-/m0/s1. The van der Waals surface area contributed by atoms with E-state index in [0.717, 1.165) is 11.0 Å². The summed E-state index contributed by atoms with van der Waals surface area (Å²) in [6.07, 6.45) is -16.4. The average molecular weight is 595 g/mol. The first-order valence-electron chi connectivity index (χ1n) is 12.1. The number of carbonyl (C=O) groups is 1. The van der Waals surface area contributed by atoms with Crippen LogP contribution < -0.4 is 9.80 Å². The molecule has 0 saturated heterocycles. The highest BCUT2D eigenvalue weighted by molar-refractivity contribution is 5.88. The van der Waals surface area contributed by atoms with Gasteiger partial charge >= 0.3 is 24.6 Å². The number of halogens is 9. The van der Waals surface area contributed by atoms with Crippen LogP contribution in [-0.4, -0.2) is 22.9 Å². The van der Waals surface area contributed by atoms with E-state index in [1.165, 1.54) is 24.8 Å². The minimum Gasteiger partial charge on any atom is -0.465 e. The maximum absolute atomic E-state index is 13.7. The van der Waals surface area contributed by atoms with E-state index in [1.54, 1.807) is 0 Å². The van der Waals surface area contributed by atoms with Gasteiger partial charge in [-0.2, -0.15) is 39.5 Å². The minimum absolute atomic E-state index is 0.0137. The molecule has 2 heterocycles. The lowest BCUT2D eigenvalue weighted by Gasteiger charge is -2.33. The van der Waals surface area contributed by atoms with E-state index in [2.05, 4.69) is 5.16 Å². The quantitative estimate of drug-likeness (QED) is 0.307. The molecule has 0 radical (unpaired) electrons. The smallest absolute Gasteiger partial charge is 0.416 e. The van der Waals surface area contributed by atoms with Crippen molar-refractivity contribution in [2.24, 2.45) is 0 Å². The number of carboxylic acid groups (broad SMARTS) is 1. The Hall–Kier alpha value is -3.91. The molecule has 6 nitrogen and oxygen atoms in total. The summed E-state index contributed by atoms with van der Waals surface area (Å²) in [5, 5.41) is 13.5. The van der Waals surface area contributed by atoms with Crippen LogP contribution in [0.25, 0.3) is 0 Å². The van der Waals surface area contributed by atoms with E-state index < -0.39 is 59.5 Å². The van der Waals surface area contributed by atoms with Crippen molar-refractivity contribution < 1.29 is 53.9 Å². The molecule has 0 saturated carbocycles. The second-order valence-corrected chi connectivity index (χ2v) is 9.66. The van der Waals surface area contributed by atoms with E-state index >= 15 is 0 Å². The molecular weight excluding hydrogens is 573 g/mol. The molecule has 1 aliphatic heterocycles. The molecular formula is C26H22F9N3O3. The van der Waals surface area contributed by atoms with Gasteiger partial charge in [0.2, 0.25) is 5.88 Å². The lowest BCUT2D eigenvalue weighted by molar-refractivity contribution is -0.143. The van der Waals surface area contributed by atoms with Gasteiger partial charge in [-0.15, -0.1) is 0 Å². The van der Waals surface area contributed by atoms with Gasteiger partial charge in [0.25, 0.3) is 0 Å². The molecule has 41 heavy (non-hydrogen) atoms. The number of aryl methyl sites for hydroxylation is 2. The van der Waals surface area contributed by atoms with Gasteiger partial charge in [0.15, 0.2) is 0 Å². The van der Waals surface area contributed by atoms with Crippen molar-refractivity contribution in [1.82, 2.24) is 5.16 Å². The highest BCUT2D eigenvalue weighted by Gasteiger charge is 2.40. The minimum atomic E-state index is -5.11. The third-order valence-electron chi connectivity index (χ3n) is 6.69. The highest BCUT2D eigenvalue weighted by Crippen LogP contribution is 2.45. The van der Waals surface area contributed by atoms with E-state index in [1.807, 2.05) is 0 Å². The number of nitrogens with zero attached hydrogens (tertiary/aromatic N) is 3. The molecule has 0 unspecified atom stereocenters. The molecule has 15 heteroatoms. The Labute approximate surface area is 226 Å². The topological polar surface area (TPSA) is 69.8 Å². The summed E-state index contributed by atoms with van der Waals surface area (Å²) < 4.78 is 128. The van der Waals surface area contributed by atoms with Gasteiger partial charge in [-0.25, -0.2) is 4.79 Å². The van der Waals surface area contributed by atoms with Gasteiger partial charge in [0.05, 0.1) is 34.1 Å². The molecule has 1 aromatic heterocycles. The molecule has 222 valence electrons. The zero-order valence-corrected chi connectivity index (χ0v) is 21.4. The van der Waals surface area contributed by atoms with E-state index in [-0.39, 0.29) is 48.2 Å². The number of alkyl halides is 9. The fourth-order valence-corrected chi connectivity index (χ4v) is 4.90. The third kappa shape index (κ3) is 6.38. The Balaban J connectivity index is 1.92. The first-order chi connectivity index (χ1) is 18.9.